The minimum atomic E-state index is -0.992. The quantitative estimate of drug-likeness (QED) is 0.866. The Morgan fingerprint density at radius 2 is 1.83 bits per heavy atom. The van der Waals surface area contributed by atoms with Crippen molar-refractivity contribution in [3.63, 3.8) is 0 Å². The van der Waals surface area contributed by atoms with Crippen LogP contribution in [0.4, 0.5) is 0 Å². The van der Waals surface area contributed by atoms with Crippen molar-refractivity contribution in [2.75, 3.05) is 0 Å². The monoisotopic (exact) mass is 271 g/mol. The van der Waals surface area contributed by atoms with Crippen LogP contribution in [-0.2, 0) is 11.8 Å². The third-order valence-electron chi connectivity index (χ3n) is 3.53. The number of nitrogens with zero attached hydrogens (tertiary/aromatic N) is 1. The maximum atomic E-state index is 10.3. The van der Waals surface area contributed by atoms with E-state index in [1.807, 2.05) is 19.2 Å². The summed E-state index contributed by atoms with van der Waals surface area (Å²) in [5, 5.41) is 23.3. The summed E-state index contributed by atoms with van der Waals surface area (Å²) in [7, 11) is 0. The van der Waals surface area contributed by atoms with E-state index in [-0.39, 0.29) is 5.41 Å². The van der Waals surface area contributed by atoms with Crippen LogP contribution in [-0.4, -0.2) is 26.9 Å². The summed E-state index contributed by atoms with van der Waals surface area (Å²) in [6.45, 7) is 10.2. The highest BCUT2D eigenvalue weighted by molar-refractivity contribution is 7.09. The third-order valence-corrected chi connectivity index (χ3v) is 4.40. The molecule has 0 saturated carbocycles. The zero-order chi connectivity index (χ0) is 14.0. The fraction of sp³-hybridized carbons (Fsp3) is 0.786. The number of aliphatic hydroxyl groups is 2. The van der Waals surface area contributed by atoms with E-state index in [1.54, 1.807) is 11.3 Å². The maximum Gasteiger partial charge on any atom is 0.0955 e. The van der Waals surface area contributed by atoms with Gasteiger partial charge in [-0.25, -0.2) is 4.98 Å². The fourth-order valence-electron chi connectivity index (χ4n) is 1.83. The molecule has 0 bridgehead atoms. The van der Waals surface area contributed by atoms with Crippen LogP contribution in [0.5, 0.6) is 0 Å². The molecule has 104 valence electrons. The SMILES string of the molecule is CCC(O)(CC)C(O)Cc1nc(C(C)(C)C)cs1. The second-order valence-corrected chi connectivity index (χ2v) is 6.85. The highest BCUT2D eigenvalue weighted by Crippen LogP contribution is 2.27. The Kier molecular flexibility index (Phi) is 4.92. The van der Waals surface area contributed by atoms with Crippen molar-refractivity contribution in [2.24, 2.45) is 0 Å². The van der Waals surface area contributed by atoms with Crippen molar-refractivity contribution < 1.29 is 10.2 Å². The largest absolute Gasteiger partial charge is 0.390 e. The van der Waals surface area contributed by atoms with Crippen LogP contribution in [0.25, 0.3) is 0 Å². The van der Waals surface area contributed by atoms with E-state index in [9.17, 15) is 10.2 Å². The van der Waals surface area contributed by atoms with E-state index in [0.717, 1.165) is 10.7 Å². The van der Waals surface area contributed by atoms with E-state index in [4.69, 9.17) is 0 Å². The number of thiazole rings is 1. The lowest BCUT2D eigenvalue weighted by Gasteiger charge is -2.30. The van der Waals surface area contributed by atoms with Gasteiger partial charge in [0.25, 0.3) is 0 Å². The van der Waals surface area contributed by atoms with Crippen molar-refractivity contribution in [2.45, 2.75) is 71.0 Å². The molecule has 1 atom stereocenters. The highest BCUT2D eigenvalue weighted by atomic mass is 32.1. The lowest BCUT2D eigenvalue weighted by Crippen LogP contribution is -2.42. The van der Waals surface area contributed by atoms with Crippen molar-refractivity contribution in [1.29, 1.82) is 0 Å². The van der Waals surface area contributed by atoms with Crippen molar-refractivity contribution >= 4 is 11.3 Å². The Labute approximate surface area is 114 Å². The molecule has 0 radical (unpaired) electrons. The van der Waals surface area contributed by atoms with Crippen molar-refractivity contribution in [3.8, 4) is 0 Å². The first-order chi connectivity index (χ1) is 8.23. The molecule has 1 heterocycles. The molecule has 1 unspecified atom stereocenters. The van der Waals surface area contributed by atoms with Crippen LogP contribution in [0.1, 0.15) is 58.2 Å². The molecular weight excluding hydrogens is 246 g/mol. The minimum absolute atomic E-state index is 0.0333. The van der Waals surface area contributed by atoms with E-state index in [1.165, 1.54) is 0 Å². The number of aliphatic hydroxyl groups excluding tert-OH is 1. The lowest BCUT2D eigenvalue weighted by atomic mass is 9.89. The van der Waals surface area contributed by atoms with Crippen LogP contribution in [0, 0.1) is 0 Å². The second kappa shape index (κ2) is 5.68. The van der Waals surface area contributed by atoms with Gasteiger partial charge in [0.15, 0.2) is 0 Å². The van der Waals surface area contributed by atoms with Crippen LogP contribution in [0.15, 0.2) is 5.38 Å². The van der Waals surface area contributed by atoms with Gasteiger partial charge in [0.05, 0.1) is 22.4 Å². The molecular formula is C14H25NO2S. The number of hydrogen-bond acceptors (Lipinski definition) is 4. The van der Waals surface area contributed by atoms with Crippen molar-refractivity contribution in [3.05, 3.63) is 16.1 Å². The second-order valence-electron chi connectivity index (χ2n) is 5.91. The van der Waals surface area contributed by atoms with Gasteiger partial charge in [0, 0.05) is 17.2 Å². The number of rotatable bonds is 5. The van der Waals surface area contributed by atoms with Gasteiger partial charge in [0.1, 0.15) is 0 Å². The summed E-state index contributed by atoms with van der Waals surface area (Å²) < 4.78 is 0. The molecule has 0 aliphatic heterocycles. The summed E-state index contributed by atoms with van der Waals surface area (Å²) in [5.74, 6) is 0. The summed E-state index contributed by atoms with van der Waals surface area (Å²) in [5.41, 5.74) is 0.0882. The summed E-state index contributed by atoms with van der Waals surface area (Å²) >= 11 is 1.56. The van der Waals surface area contributed by atoms with Crippen LogP contribution >= 0.6 is 11.3 Å². The highest BCUT2D eigenvalue weighted by Gasteiger charge is 2.32. The van der Waals surface area contributed by atoms with Gasteiger partial charge in [-0.2, -0.15) is 0 Å². The molecule has 1 rings (SSSR count). The summed E-state index contributed by atoms with van der Waals surface area (Å²) in [6, 6.07) is 0. The first kappa shape index (κ1) is 15.6. The molecule has 0 saturated heterocycles. The van der Waals surface area contributed by atoms with Gasteiger partial charge in [0.2, 0.25) is 0 Å². The zero-order valence-corrected chi connectivity index (χ0v) is 12.8. The number of hydrogen-bond donors (Lipinski definition) is 2. The molecule has 1 aromatic rings. The average molecular weight is 271 g/mol. The standard InChI is InChI=1S/C14H25NO2S/c1-6-14(17,7-2)11(16)8-12-15-10(9-18-12)13(3,4)5/h9,11,16-17H,6-8H2,1-5H3. The van der Waals surface area contributed by atoms with E-state index in [0.29, 0.717) is 19.3 Å². The zero-order valence-electron chi connectivity index (χ0n) is 12.0. The smallest absolute Gasteiger partial charge is 0.0955 e. The Hall–Kier alpha value is -0.450. The Balaban J connectivity index is 2.77. The Bertz CT molecular complexity index is 377. The van der Waals surface area contributed by atoms with Gasteiger partial charge in [-0.05, 0) is 12.8 Å². The molecule has 0 aromatic carbocycles. The normalized spacial score (nSPS) is 14.8. The minimum Gasteiger partial charge on any atom is -0.390 e. The Morgan fingerprint density at radius 3 is 2.22 bits per heavy atom. The van der Waals surface area contributed by atoms with Gasteiger partial charge in [-0.15, -0.1) is 11.3 Å². The first-order valence-corrected chi connectivity index (χ1v) is 7.46. The topological polar surface area (TPSA) is 53.4 Å². The summed E-state index contributed by atoms with van der Waals surface area (Å²) in [6.07, 6.45) is 0.801. The first-order valence-electron chi connectivity index (χ1n) is 6.58. The molecule has 4 heteroatoms. The molecule has 2 N–H and O–H groups in total. The predicted octanol–water partition coefficient (Wildman–Crippen LogP) is 2.90. The van der Waals surface area contributed by atoms with E-state index in [2.05, 4.69) is 25.8 Å². The van der Waals surface area contributed by atoms with Crippen LogP contribution in [0.2, 0.25) is 0 Å². The molecule has 0 amide bonds. The van der Waals surface area contributed by atoms with Crippen LogP contribution in [0.3, 0.4) is 0 Å². The van der Waals surface area contributed by atoms with Crippen molar-refractivity contribution in [1.82, 2.24) is 4.98 Å². The molecule has 1 aromatic heterocycles. The molecule has 18 heavy (non-hydrogen) atoms. The fourth-order valence-corrected chi connectivity index (χ4v) is 2.88. The molecule has 3 nitrogen and oxygen atoms in total. The summed E-state index contributed by atoms with van der Waals surface area (Å²) in [4.78, 5) is 4.55. The average Bonchev–Trinajstić information content (AvgIpc) is 2.76. The van der Waals surface area contributed by atoms with Crippen LogP contribution < -0.4 is 0 Å². The van der Waals surface area contributed by atoms with Gasteiger partial charge in [-0.1, -0.05) is 34.6 Å². The maximum absolute atomic E-state index is 10.3. The van der Waals surface area contributed by atoms with Gasteiger partial charge in [-0.3, -0.25) is 0 Å². The van der Waals surface area contributed by atoms with Gasteiger partial charge < -0.3 is 10.2 Å². The molecule has 0 aliphatic carbocycles. The Morgan fingerprint density at radius 1 is 1.28 bits per heavy atom. The lowest BCUT2D eigenvalue weighted by molar-refractivity contribution is -0.0790. The third kappa shape index (κ3) is 3.53. The van der Waals surface area contributed by atoms with Gasteiger partial charge >= 0.3 is 0 Å². The molecule has 0 fully saturated rings. The molecule has 0 spiro atoms. The molecule has 0 aliphatic rings. The van der Waals surface area contributed by atoms with E-state index < -0.39 is 11.7 Å². The van der Waals surface area contributed by atoms with E-state index >= 15 is 0 Å². The predicted molar refractivity (Wildman–Crippen MR) is 76.1 cm³/mol. The number of aromatic nitrogens is 1.